The third-order valence-corrected chi connectivity index (χ3v) is 2.85. The normalized spacial score (nSPS) is 11.8. The molecule has 0 unspecified atom stereocenters. The molecule has 0 spiro atoms. The fourth-order valence-electron chi connectivity index (χ4n) is 1.47. The molecule has 0 radical (unpaired) electrons. The molecule has 0 aliphatic rings. The second-order valence-corrected chi connectivity index (χ2v) is 5.03. The average molecular weight is 480 g/mol. The fraction of sp³-hybridized carbons (Fsp3) is 0.462. The van der Waals surface area contributed by atoms with Crippen LogP contribution in [0.2, 0.25) is 0 Å². The molecule has 0 bridgehead atoms. The fourth-order valence-corrected chi connectivity index (χ4v) is 1.92. The molecule has 3 nitrogen and oxygen atoms in total. The smallest absolute Gasteiger partial charge is 0.357 e. The highest BCUT2D eigenvalue weighted by Crippen LogP contribution is 2.18. The zero-order valence-electron chi connectivity index (χ0n) is 11.5. The van der Waals surface area contributed by atoms with E-state index in [4.69, 9.17) is 0 Å². The van der Waals surface area contributed by atoms with E-state index in [0.717, 1.165) is 10.0 Å². The Labute approximate surface area is 147 Å². The topological polar surface area (TPSA) is 36.4 Å². The van der Waals surface area contributed by atoms with Crippen LogP contribution in [0.25, 0.3) is 0 Å². The summed E-state index contributed by atoms with van der Waals surface area (Å²) >= 11 is 3.36. The molecular weight excluding hydrogens is 462 g/mol. The third-order valence-electron chi connectivity index (χ3n) is 2.35. The van der Waals surface area contributed by atoms with Crippen molar-refractivity contribution in [3.63, 3.8) is 0 Å². The van der Waals surface area contributed by atoms with E-state index in [1.807, 2.05) is 31.2 Å². The lowest BCUT2D eigenvalue weighted by atomic mass is 10.2. The van der Waals surface area contributed by atoms with E-state index in [0.29, 0.717) is 19.0 Å². The standard InChI is InChI=1S/C13H17BrF3N3.HI/c1-2-18-12(19-7-6-13(15,16)17)20-9-10-4-3-5-11(14)8-10;/h3-5,8H,2,6-7,9H2,1H3,(H2,18,19,20);1H. The molecule has 0 atom stereocenters. The van der Waals surface area contributed by atoms with Crippen molar-refractivity contribution in [2.75, 3.05) is 13.1 Å². The van der Waals surface area contributed by atoms with Gasteiger partial charge in [-0.15, -0.1) is 24.0 Å². The quantitative estimate of drug-likeness (QED) is 0.379. The lowest BCUT2D eigenvalue weighted by Crippen LogP contribution is -2.38. The Bertz CT molecular complexity index is 453. The van der Waals surface area contributed by atoms with Crippen LogP contribution in [-0.2, 0) is 6.54 Å². The van der Waals surface area contributed by atoms with Gasteiger partial charge in [-0.25, -0.2) is 4.99 Å². The summed E-state index contributed by atoms with van der Waals surface area (Å²) in [6.07, 6.45) is -5.04. The van der Waals surface area contributed by atoms with Crippen molar-refractivity contribution in [1.82, 2.24) is 10.6 Å². The minimum atomic E-state index is -4.16. The van der Waals surface area contributed by atoms with Crippen molar-refractivity contribution in [1.29, 1.82) is 0 Å². The molecule has 21 heavy (non-hydrogen) atoms. The number of alkyl halides is 3. The summed E-state index contributed by atoms with van der Waals surface area (Å²) in [5.74, 6) is 0.386. The van der Waals surface area contributed by atoms with E-state index < -0.39 is 12.6 Å². The third kappa shape index (κ3) is 9.94. The van der Waals surface area contributed by atoms with Gasteiger partial charge in [0.1, 0.15) is 0 Å². The molecular formula is C13H18BrF3IN3. The highest BCUT2D eigenvalue weighted by atomic mass is 127. The van der Waals surface area contributed by atoms with Gasteiger partial charge in [0.05, 0.1) is 13.0 Å². The molecule has 0 saturated carbocycles. The van der Waals surface area contributed by atoms with Gasteiger partial charge in [-0.3, -0.25) is 0 Å². The number of rotatable bonds is 5. The highest BCUT2D eigenvalue weighted by molar-refractivity contribution is 14.0. The molecule has 0 saturated heterocycles. The van der Waals surface area contributed by atoms with Gasteiger partial charge in [-0.2, -0.15) is 13.2 Å². The van der Waals surface area contributed by atoms with Gasteiger partial charge in [0, 0.05) is 17.6 Å². The molecule has 120 valence electrons. The Morgan fingerprint density at radius 1 is 1.29 bits per heavy atom. The predicted octanol–water partition coefficient (Wildman–Crippen LogP) is 4.07. The molecule has 0 aromatic heterocycles. The molecule has 0 amide bonds. The first kappa shape index (κ1) is 20.5. The Morgan fingerprint density at radius 2 is 2.00 bits per heavy atom. The maximum atomic E-state index is 12.1. The molecule has 2 N–H and O–H groups in total. The Balaban J connectivity index is 0.00000400. The van der Waals surface area contributed by atoms with Crippen LogP contribution in [0.3, 0.4) is 0 Å². The lowest BCUT2D eigenvalue weighted by molar-refractivity contribution is -0.132. The first-order valence-corrected chi connectivity index (χ1v) is 7.03. The van der Waals surface area contributed by atoms with Crippen molar-refractivity contribution in [3.8, 4) is 0 Å². The van der Waals surface area contributed by atoms with Crippen LogP contribution in [0.15, 0.2) is 33.7 Å². The van der Waals surface area contributed by atoms with Gasteiger partial charge in [0.15, 0.2) is 5.96 Å². The van der Waals surface area contributed by atoms with Crippen LogP contribution in [0.5, 0.6) is 0 Å². The SMILES string of the molecule is CCNC(=NCc1cccc(Br)c1)NCCC(F)(F)F.I. The highest BCUT2D eigenvalue weighted by Gasteiger charge is 2.26. The molecule has 0 aliphatic heterocycles. The maximum absolute atomic E-state index is 12.1. The summed E-state index contributed by atoms with van der Waals surface area (Å²) in [5.41, 5.74) is 0.979. The first-order valence-electron chi connectivity index (χ1n) is 6.24. The number of aliphatic imine (C=N–C) groups is 1. The molecule has 8 heteroatoms. The monoisotopic (exact) mass is 479 g/mol. The van der Waals surface area contributed by atoms with E-state index >= 15 is 0 Å². The number of guanidine groups is 1. The van der Waals surface area contributed by atoms with Crippen LogP contribution in [0.1, 0.15) is 18.9 Å². The van der Waals surface area contributed by atoms with Crippen molar-refractivity contribution in [3.05, 3.63) is 34.3 Å². The Morgan fingerprint density at radius 3 is 2.57 bits per heavy atom. The Kier molecular flexibility index (Phi) is 10.0. The van der Waals surface area contributed by atoms with Crippen molar-refractivity contribution >= 4 is 45.9 Å². The minimum Gasteiger partial charge on any atom is -0.357 e. The minimum absolute atomic E-state index is 0. The van der Waals surface area contributed by atoms with E-state index in [1.54, 1.807) is 0 Å². The summed E-state index contributed by atoms with van der Waals surface area (Å²) in [4.78, 5) is 4.25. The summed E-state index contributed by atoms with van der Waals surface area (Å²) in [6, 6.07) is 7.62. The van der Waals surface area contributed by atoms with Gasteiger partial charge in [0.25, 0.3) is 0 Å². The number of hydrogen-bond acceptors (Lipinski definition) is 1. The number of hydrogen-bond donors (Lipinski definition) is 2. The van der Waals surface area contributed by atoms with Crippen LogP contribution in [-0.4, -0.2) is 25.2 Å². The maximum Gasteiger partial charge on any atom is 0.390 e. The van der Waals surface area contributed by atoms with Crippen LogP contribution in [0.4, 0.5) is 13.2 Å². The zero-order chi connectivity index (χ0) is 15.0. The Hall–Kier alpha value is -0.510. The predicted molar refractivity (Wildman–Crippen MR) is 93.0 cm³/mol. The summed E-state index contributed by atoms with van der Waals surface area (Å²) in [7, 11) is 0. The van der Waals surface area contributed by atoms with Crippen LogP contribution < -0.4 is 10.6 Å². The zero-order valence-corrected chi connectivity index (χ0v) is 15.4. The number of halogens is 5. The average Bonchev–Trinajstić information content (AvgIpc) is 2.34. The number of nitrogens with zero attached hydrogens (tertiary/aromatic N) is 1. The van der Waals surface area contributed by atoms with Gasteiger partial charge in [-0.05, 0) is 24.6 Å². The number of nitrogens with one attached hydrogen (secondary N) is 2. The molecule has 1 aromatic carbocycles. The molecule has 1 rings (SSSR count). The molecule has 0 fully saturated rings. The van der Waals surface area contributed by atoms with Crippen LogP contribution in [0, 0.1) is 0 Å². The van der Waals surface area contributed by atoms with Gasteiger partial charge < -0.3 is 10.6 Å². The summed E-state index contributed by atoms with van der Waals surface area (Å²) in [5, 5.41) is 5.58. The first-order chi connectivity index (χ1) is 9.40. The van der Waals surface area contributed by atoms with E-state index in [1.165, 1.54) is 0 Å². The van der Waals surface area contributed by atoms with Crippen molar-refractivity contribution < 1.29 is 13.2 Å². The number of benzene rings is 1. The van der Waals surface area contributed by atoms with Gasteiger partial charge in [0.2, 0.25) is 0 Å². The van der Waals surface area contributed by atoms with E-state index in [9.17, 15) is 13.2 Å². The van der Waals surface area contributed by atoms with Gasteiger partial charge >= 0.3 is 6.18 Å². The second-order valence-electron chi connectivity index (χ2n) is 4.12. The van der Waals surface area contributed by atoms with Crippen LogP contribution >= 0.6 is 39.9 Å². The van der Waals surface area contributed by atoms with E-state index in [-0.39, 0.29) is 30.5 Å². The van der Waals surface area contributed by atoms with Crippen molar-refractivity contribution in [2.24, 2.45) is 4.99 Å². The molecule has 0 heterocycles. The van der Waals surface area contributed by atoms with Crippen molar-refractivity contribution in [2.45, 2.75) is 26.1 Å². The van der Waals surface area contributed by atoms with E-state index in [2.05, 4.69) is 31.6 Å². The largest absolute Gasteiger partial charge is 0.390 e. The second kappa shape index (κ2) is 10.3. The molecule has 1 aromatic rings. The molecule has 0 aliphatic carbocycles. The van der Waals surface area contributed by atoms with Gasteiger partial charge in [-0.1, -0.05) is 28.1 Å². The lowest BCUT2D eigenvalue weighted by Gasteiger charge is -2.12. The summed E-state index contributed by atoms with van der Waals surface area (Å²) in [6.45, 7) is 2.67. The summed E-state index contributed by atoms with van der Waals surface area (Å²) < 4.78 is 37.2.